The maximum Gasteiger partial charge on any atom is 0.261 e. The highest BCUT2D eigenvalue weighted by atomic mass is 16.3. The number of carbonyl (C=O) groups excluding carboxylic acids is 2. The maximum absolute atomic E-state index is 11.7. The minimum Gasteiger partial charge on any atom is -0.274 e. The Morgan fingerprint density at radius 2 is 1.53 bits per heavy atom. The molecule has 1 aromatic rings. The lowest BCUT2D eigenvalue weighted by Crippen LogP contribution is -2.31. The van der Waals surface area contributed by atoms with Crippen LogP contribution in [0.15, 0.2) is 24.3 Å². The summed E-state index contributed by atoms with van der Waals surface area (Å²) in [4.78, 5) is 24.6. The first-order valence-corrected chi connectivity index (χ1v) is 4.79. The Bertz CT molecular complexity index is 379. The molecule has 4 nitrogen and oxygen atoms in total. The Morgan fingerprint density at radius 3 is 2.00 bits per heavy atom. The van der Waals surface area contributed by atoms with Crippen LogP contribution in [0.25, 0.3) is 0 Å². The van der Waals surface area contributed by atoms with Crippen LogP contribution < -0.4 is 0 Å². The fourth-order valence-electron chi connectivity index (χ4n) is 1.66. The zero-order chi connectivity index (χ0) is 10.8. The summed E-state index contributed by atoms with van der Waals surface area (Å²) in [6.07, 6.45) is 0.311. The highest BCUT2D eigenvalue weighted by Gasteiger charge is 2.34. The number of imide groups is 1. The minimum absolute atomic E-state index is 0.218. The second-order valence-corrected chi connectivity index (χ2v) is 3.37. The molecule has 4 heteroatoms. The van der Waals surface area contributed by atoms with Gasteiger partial charge in [0, 0.05) is 6.54 Å². The van der Waals surface area contributed by atoms with E-state index in [4.69, 9.17) is 0 Å². The number of hydrogen-bond acceptors (Lipinski definition) is 2. The number of carbonyl (C=O) groups is 2. The van der Waals surface area contributed by atoms with Gasteiger partial charge in [-0.2, -0.15) is 0 Å². The van der Waals surface area contributed by atoms with Crippen molar-refractivity contribution in [2.24, 2.45) is 0 Å². The molecule has 0 fully saturated rings. The Labute approximate surface area is 87.1 Å². The van der Waals surface area contributed by atoms with Gasteiger partial charge in [0.15, 0.2) is 0 Å². The van der Waals surface area contributed by atoms with Gasteiger partial charge in [-0.25, -0.2) is 5.11 Å². The van der Waals surface area contributed by atoms with E-state index in [0.29, 0.717) is 17.5 Å². The van der Waals surface area contributed by atoms with Crippen molar-refractivity contribution in [2.45, 2.75) is 6.42 Å². The molecule has 77 valence electrons. The summed E-state index contributed by atoms with van der Waals surface area (Å²) in [6, 6.07) is 6.71. The van der Waals surface area contributed by atoms with Crippen LogP contribution in [0, 0.1) is 0 Å². The van der Waals surface area contributed by atoms with E-state index in [0.717, 1.165) is 4.90 Å². The summed E-state index contributed by atoms with van der Waals surface area (Å²) in [5, 5.41) is 10.3. The first-order valence-electron chi connectivity index (χ1n) is 4.79. The Hall–Kier alpha value is -1.68. The van der Waals surface area contributed by atoms with Gasteiger partial charge in [-0.05, 0) is 18.6 Å². The van der Waals surface area contributed by atoms with Crippen molar-refractivity contribution in [2.75, 3.05) is 13.2 Å². The molecule has 0 spiro atoms. The van der Waals surface area contributed by atoms with Crippen molar-refractivity contribution in [1.29, 1.82) is 0 Å². The molecule has 2 amide bonds. The van der Waals surface area contributed by atoms with E-state index in [-0.39, 0.29) is 25.0 Å². The van der Waals surface area contributed by atoms with Crippen LogP contribution in [0.3, 0.4) is 0 Å². The minimum atomic E-state index is -0.288. The van der Waals surface area contributed by atoms with Crippen molar-refractivity contribution in [1.82, 2.24) is 4.90 Å². The van der Waals surface area contributed by atoms with Crippen LogP contribution in [0.2, 0.25) is 0 Å². The highest BCUT2D eigenvalue weighted by molar-refractivity contribution is 6.21. The molecule has 0 bridgehead atoms. The molecule has 1 aliphatic rings. The third-order valence-electron chi connectivity index (χ3n) is 2.40. The van der Waals surface area contributed by atoms with Gasteiger partial charge in [0.1, 0.15) is 0 Å². The zero-order valence-electron chi connectivity index (χ0n) is 8.10. The Morgan fingerprint density at radius 1 is 1.00 bits per heavy atom. The number of nitrogens with zero attached hydrogens (tertiary/aromatic N) is 1. The smallest absolute Gasteiger partial charge is 0.261 e. The lowest BCUT2D eigenvalue weighted by atomic mass is 10.1. The molecule has 0 saturated heterocycles. The lowest BCUT2D eigenvalue weighted by Gasteiger charge is -2.11. The molecular formula is C11H10NO3. The summed E-state index contributed by atoms with van der Waals surface area (Å²) in [7, 11) is 0. The number of amides is 2. The van der Waals surface area contributed by atoms with Crippen LogP contribution in [0.1, 0.15) is 27.1 Å². The summed E-state index contributed by atoms with van der Waals surface area (Å²) < 4.78 is 0. The number of rotatable bonds is 3. The summed E-state index contributed by atoms with van der Waals surface area (Å²) in [6.45, 7) is -0.0523. The molecule has 2 rings (SSSR count). The number of benzene rings is 1. The standard InChI is InChI=1S/C11H10NO3/c13-7-3-6-12-10(14)8-4-1-2-5-9(8)11(12)15/h1-2,4-5H,3,6-7H2. The van der Waals surface area contributed by atoms with Gasteiger partial charge in [0.05, 0.1) is 17.7 Å². The Kier molecular flexibility index (Phi) is 2.51. The predicted molar refractivity (Wildman–Crippen MR) is 52.0 cm³/mol. The highest BCUT2D eigenvalue weighted by Crippen LogP contribution is 2.22. The van der Waals surface area contributed by atoms with Crippen molar-refractivity contribution >= 4 is 11.8 Å². The topological polar surface area (TPSA) is 57.3 Å². The van der Waals surface area contributed by atoms with E-state index in [1.807, 2.05) is 0 Å². The first-order chi connectivity index (χ1) is 7.25. The van der Waals surface area contributed by atoms with Gasteiger partial charge < -0.3 is 0 Å². The molecule has 15 heavy (non-hydrogen) atoms. The molecule has 1 heterocycles. The van der Waals surface area contributed by atoms with Crippen LogP contribution in [0.5, 0.6) is 0 Å². The van der Waals surface area contributed by atoms with E-state index >= 15 is 0 Å². The van der Waals surface area contributed by atoms with Crippen LogP contribution >= 0.6 is 0 Å². The maximum atomic E-state index is 11.7. The second kappa shape index (κ2) is 3.82. The molecule has 0 atom stereocenters. The van der Waals surface area contributed by atoms with E-state index in [2.05, 4.69) is 0 Å². The lowest BCUT2D eigenvalue weighted by molar-refractivity contribution is 0.0637. The second-order valence-electron chi connectivity index (χ2n) is 3.37. The molecule has 0 N–H and O–H groups in total. The average molecular weight is 204 g/mol. The first kappa shape index (κ1) is 9.86. The molecular weight excluding hydrogens is 194 g/mol. The van der Waals surface area contributed by atoms with Gasteiger partial charge >= 0.3 is 0 Å². The van der Waals surface area contributed by atoms with Gasteiger partial charge in [-0.3, -0.25) is 14.5 Å². The average Bonchev–Trinajstić information content (AvgIpc) is 2.51. The third kappa shape index (κ3) is 1.53. The molecule has 0 saturated carbocycles. The molecule has 1 radical (unpaired) electrons. The largest absolute Gasteiger partial charge is 0.274 e. The monoisotopic (exact) mass is 204 g/mol. The van der Waals surface area contributed by atoms with E-state index in [9.17, 15) is 14.7 Å². The summed E-state index contributed by atoms with van der Waals surface area (Å²) >= 11 is 0. The van der Waals surface area contributed by atoms with Gasteiger partial charge in [0.25, 0.3) is 11.8 Å². The molecule has 1 aromatic carbocycles. The quantitative estimate of drug-likeness (QED) is 0.692. The van der Waals surface area contributed by atoms with Crippen LogP contribution in [0.4, 0.5) is 0 Å². The molecule has 1 aliphatic heterocycles. The molecule has 0 unspecified atom stereocenters. The van der Waals surface area contributed by atoms with Crippen LogP contribution in [-0.2, 0) is 5.11 Å². The van der Waals surface area contributed by atoms with Gasteiger partial charge in [-0.15, -0.1) is 0 Å². The molecule has 0 aromatic heterocycles. The Balaban J connectivity index is 2.29. The normalized spacial score (nSPS) is 14.6. The molecule has 0 aliphatic carbocycles. The third-order valence-corrected chi connectivity index (χ3v) is 2.40. The van der Waals surface area contributed by atoms with Crippen LogP contribution in [-0.4, -0.2) is 29.9 Å². The van der Waals surface area contributed by atoms with Crippen molar-refractivity contribution in [3.8, 4) is 0 Å². The van der Waals surface area contributed by atoms with E-state index < -0.39 is 0 Å². The van der Waals surface area contributed by atoms with Gasteiger partial charge in [0.2, 0.25) is 0 Å². The van der Waals surface area contributed by atoms with Crippen molar-refractivity contribution in [3.05, 3.63) is 35.4 Å². The summed E-state index contributed by atoms with van der Waals surface area (Å²) in [5.41, 5.74) is 0.877. The number of hydrogen-bond donors (Lipinski definition) is 0. The summed E-state index contributed by atoms with van der Waals surface area (Å²) in [5.74, 6) is -0.576. The van der Waals surface area contributed by atoms with Gasteiger partial charge in [-0.1, -0.05) is 12.1 Å². The fourth-order valence-corrected chi connectivity index (χ4v) is 1.66. The van der Waals surface area contributed by atoms with E-state index in [1.54, 1.807) is 24.3 Å². The predicted octanol–water partition coefficient (Wildman–Crippen LogP) is 1.10. The van der Waals surface area contributed by atoms with E-state index in [1.165, 1.54) is 0 Å². The number of fused-ring (bicyclic) bond motifs is 1. The zero-order valence-corrected chi connectivity index (χ0v) is 8.10. The van der Waals surface area contributed by atoms with Crippen molar-refractivity contribution < 1.29 is 14.7 Å². The fraction of sp³-hybridized carbons (Fsp3) is 0.273. The SMILES string of the molecule is [O]CCCN1C(=O)c2ccccc2C1=O. The van der Waals surface area contributed by atoms with Crippen molar-refractivity contribution in [3.63, 3.8) is 0 Å².